The fourth-order valence-corrected chi connectivity index (χ4v) is 3.78. The molecule has 3 nitrogen and oxygen atoms in total. The first-order valence-corrected chi connectivity index (χ1v) is 8.53. The number of guanidine groups is 1. The summed E-state index contributed by atoms with van der Waals surface area (Å²) in [7, 11) is 0. The van der Waals surface area contributed by atoms with Crippen molar-refractivity contribution >= 4 is 68.5 Å². The van der Waals surface area contributed by atoms with Gasteiger partial charge in [0.1, 0.15) is 0 Å². The Kier molecular flexibility index (Phi) is 8.74. The van der Waals surface area contributed by atoms with Crippen LogP contribution in [-0.4, -0.2) is 19.0 Å². The van der Waals surface area contributed by atoms with Crippen molar-refractivity contribution in [1.82, 2.24) is 5.32 Å². The van der Waals surface area contributed by atoms with E-state index in [1.807, 2.05) is 0 Å². The number of rotatable bonds is 6. The van der Waals surface area contributed by atoms with Crippen LogP contribution >= 0.6 is 62.6 Å². The lowest BCUT2D eigenvalue weighted by molar-refractivity contribution is 0.854. The number of aliphatic imine (C=N–C) groups is 1. The minimum Gasteiger partial charge on any atom is -0.370 e. The van der Waals surface area contributed by atoms with Gasteiger partial charge in [-0.15, -0.1) is 46.7 Å². The van der Waals surface area contributed by atoms with Gasteiger partial charge >= 0.3 is 0 Å². The third-order valence-corrected chi connectivity index (χ3v) is 5.15. The Morgan fingerprint density at radius 2 is 2.10 bits per heavy atom. The van der Waals surface area contributed by atoms with E-state index in [2.05, 4.69) is 55.9 Å². The van der Waals surface area contributed by atoms with E-state index in [0.29, 0.717) is 5.96 Å². The maximum Gasteiger partial charge on any atom is 0.188 e. The molecule has 2 rings (SSSR count). The van der Waals surface area contributed by atoms with Crippen LogP contribution in [0.15, 0.2) is 38.4 Å². The van der Waals surface area contributed by atoms with Crippen molar-refractivity contribution in [3.63, 3.8) is 0 Å². The first kappa shape index (κ1) is 17.9. The summed E-state index contributed by atoms with van der Waals surface area (Å²) in [6.45, 7) is 1.56. The molecule has 0 bridgehead atoms. The molecule has 0 aliphatic rings. The summed E-state index contributed by atoms with van der Waals surface area (Å²) in [5.74, 6) is 0.534. The van der Waals surface area contributed by atoms with E-state index in [1.54, 1.807) is 22.7 Å². The van der Waals surface area contributed by atoms with Gasteiger partial charge < -0.3 is 11.1 Å². The molecule has 0 fully saturated rings. The predicted molar refractivity (Wildman–Crippen MR) is 104 cm³/mol. The van der Waals surface area contributed by atoms with Crippen molar-refractivity contribution in [2.75, 3.05) is 13.1 Å². The van der Waals surface area contributed by atoms with E-state index in [1.165, 1.54) is 13.5 Å². The number of thiophene rings is 2. The van der Waals surface area contributed by atoms with Crippen molar-refractivity contribution in [2.24, 2.45) is 10.7 Å². The zero-order valence-corrected chi connectivity index (χ0v) is 16.4. The molecule has 0 unspecified atom stereocenters. The minimum absolute atomic E-state index is 0. The van der Waals surface area contributed by atoms with Gasteiger partial charge in [-0.1, -0.05) is 6.07 Å². The lowest BCUT2D eigenvalue weighted by Gasteiger charge is -2.04. The molecule has 2 heterocycles. The van der Waals surface area contributed by atoms with Gasteiger partial charge in [-0.2, -0.15) is 0 Å². The maximum absolute atomic E-state index is 5.82. The molecule has 0 aliphatic carbocycles. The molecule has 3 N–H and O–H groups in total. The summed E-state index contributed by atoms with van der Waals surface area (Å²) in [6.07, 6.45) is 1.93. The predicted octanol–water partition coefficient (Wildman–Crippen LogP) is 3.88. The Bertz CT molecular complexity index is 525. The highest BCUT2D eigenvalue weighted by molar-refractivity contribution is 14.0. The Morgan fingerprint density at radius 1 is 1.25 bits per heavy atom. The highest BCUT2D eigenvalue weighted by atomic mass is 127. The van der Waals surface area contributed by atoms with Gasteiger partial charge in [-0.05, 0) is 45.9 Å². The fraction of sp³-hybridized carbons (Fsp3) is 0.308. The Labute approximate surface area is 152 Å². The molecule has 0 amide bonds. The molecule has 0 aromatic carbocycles. The average molecular weight is 486 g/mol. The molecule has 2 aromatic heterocycles. The third-order valence-electron chi connectivity index (χ3n) is 2.53. The minimum atomic E-state index is 0. The number of nitrogens with two attached hydrogens (primary N) is 1. The molecular weight excluding hydrogens is 469 g/mol. The van der Waals surface area contributed by atoms with E-state index in [4.69, 9.17) is 5.73 Å². The van der Waals surface area contributed by atoms with Gasteiger partial charge in [-0.25, -0.2) is 0 Å². The second-order valence-corrected chi connectivity index (χ2v) is 7.56. The summed E-state index contributed by atoms with van der Waals surface area (Å²) < 4.78 is 1.17. The highest BCUT2D eigenvalue weighted by Gasteiger charge is 1.98. The van der Waals surface area contributed by atoms with Crippen LogP contribution in [-0.2, 0) is 12.8 Å². The summed E-state index contributed by atoms with van der Waals surface area (Å²) >= 11 is 6.97. The van der Waals surface area contributed by atoms with Gasteiger partial charge in [0.2, 0.25) is 0 Å². The molecule has 7 heteroatoms. The van der Waals surface area contributed by atoms with E-state index in [-0.39, 0.29) is 24.0 Å². The standard InChI is InChI=1S/C13H16BrN3S2.HI/c14-12-4-3-11(19-12)6-8-17-13(15)16-7-5-10-2-1-9-18-10;/h1-4,9H,5-8H2,(H3,15,16,17);1H. The quantitative estimate of drug-likeness (QED) is 0.370. The van der Waals surface area contributed by atoms with Crippen molar-refractivity contribution in [1.29, 1.82) is 0 Å². The number of nitrogens with one attached hydrogen (secondary N) is 1. The van der Waals surface area contributed by atoms with Crippen LogP contribution in [0.5, 0.6) is 0 Å². The third kappa shape index (κ3) is 6.55. The van der Waals surface area contributed by atoms with Crippen LogP contribution in [0.4, 0.5) is 0 Å². The molecule has 110 valence electrons. The zero-order valence-electron chi connectivity index (χ0n) is 10.8. The molecule has 2 aromatic rings. The first-order chi connectivity index (χ1) is 9.24. The molecule has 0 aliphatic heterocycles. The van der Waals surface area contributed by atoms with Gasteiger partial charge in [0, 0.05) is 29.3 Å². The Morgan fingerprint density at radius 3 is 2.75 bits per heavy atom. The smallest absolute Gasteiger partial charge is 0.188 e. The number of halogens is 2. The molecule has 20 heavy (non-hydrogen) atoms. The summed E-state index contributed by atoms with van der Waals surface area (Å²) in [4.78, 5) is 7.01. The van der Waals surface area contributed by atoms with Crippen LogP contribution in [0.25, 0.3) is 0 Å². The van der Waals surface area contributed by atoms with Crippen molar-refractivity contribution in [3.05, 3.63) is 43.2 Å². The van der Waals surface area contributed by atoms with Crippen LogP contribution in [0.3, 0.4) is 0 Å². The molecule has 0 radical (unpaired) electrons. The van der Waals surface area contributed by atoms with Gasteiger partial charge in [-0.3, -0.25) is 4.99 Å². The average Bonchev–Trinajstić information content (AvgIpc) is 3.01. The summed E-state index contributed by atoms with van der Waals surface area (Å²) in [5.41, 5.74) is 5.82. The van der Waals surface area contributed by atoms with E-state index >= 15 is 0 Å². The van der Waals surface area contributed by atoms with E-state index < -0.39 is 0 Å². The van der Waals surface area contributed by atoms with E-state index in [0.717, 1.165) is 25.9 Å². The van der Waals surface area contributed by atoms with Crippen LogP contribution in [0, 0.1) is 0 Å². The molecule has 0 saturated heterocycles. The van der Waals surface area contributed by atoms with Gasteiger partial charge in [0.25, 0.3) is 0 Å². The Hall–Kier alpha value is -0.120. The number of hydrogen-bond donors (Lipinski definition) is 2. The summed E-state index contributed by atoms with van der Waals surface area (Å²) in [6, 6.07) is 8.38. The van der Waals surface area contributed by atoms with Crippen LogP contribution < -0.4 is 11.1 Å². The monoisotopic (exact) mass is 485 g/mol. The molecule has 0 saturated carbocycles. The van der Waals surface area contributed by atoms with Crippen molar-refractivity contribution < 1.29 is 0 Å². The first-order valence-electron chi connectivity index (χ1n) is 6.04. The second kappa shape index (κ2) is 9.75. The van der Waals surface area contributed by atoms with Gasteiger partial charge in [0.15, 0.2) is 5.96 Å². The topological polar surface area (TPSA) is 50.4 Å². The van der Waals surface area contributed by atoms with E-state index in [9.17, 15) is 0 Å². The summed E-state index contributed by atoms with van der Waals surface area (Å²) in [5, 5.41) is 5.23. The van der Waals surface area contributed by atoms with Crippen LogP contribution in [0.2, 0.25) is 0 Å². The largest absolute Gasteiger partial charge is 0.370 e. The SMILES string of the molecule is I.NC(=NCCc1cccs1)NCCc1ccc(Br)s1. The molecule has 0 spiro atoms. The van der Waals surface area contributed by atoms with Crippen molar-refractivity contribution in [2.45, 2.75) is 12.8 Å². The van der Waals surface area contributed by atoms with Gasteiger partial charge in [0.05, 0.1) is 3.79 Å². The zero-order chi connectivity index (χ0) is 13.5. The highest BCUT2D eigenvalue weighted by Crippen LogP contribution is 2.21. The fourth-order valence-electron chi connectivity index (χ4n) is 1.60. The lowest BCUT2D eigenvalue weighted by Crippen LogP contribution is -2.33. The Balaban J connectivity index is 0.00000200. The molecular formula is C13H17BrIN3S2. The molecule has 0 atom stereocenters. The van der Waals surface area contributed by atoms with Crippen LogP contribution in [0.1, 0.15) is 9.75 Å². The second-order valence-electron chi connectivity index (χ2n) is 3.98. The number of nitrogens with zero attached hydrogens (tertiary/aromatic N) is 1. The normalized spacial score (nSPS) is 11.2. The maximum atomic E-state index is 5.82. The number of hydrogen-bond acceptors (Lipinski definition) is 3. The lowest BCUT2D eigenvalue weighted by atomic mass is 10.3. The van der Waals surface area contributed by atoms with Crippen molar-refractivity contribution in [3.8, 4) is 0 Å².